The monoisotopic (exact) mass is 392 g/mol. The van der Waals surface area contributed by atoms with Gasteiger partial charge in [-0.3, -0.25) is 4.79 Å². The van der Waals surface area contributed by atoms with Gasteiger partial charge in [0.05, 0.1) is 6.10 Å². The van der Waals surface area contributed by atoms with E-state index in [0.29, 0.717) is 30.7 Å². The van der Waals surface area contributed by atoms with Crippen LogP contribution in [0.5, 0.6) is 5.75 Å². The molecular formula is C22H33ClN2O2. The van der Waals surface area contributed by atoms with E-state index in [1.165, 1.54) is 44.1 Å². The van der Waals surface area contributed by atoms with Crippen LogP contribution in [-0.2, 0) is 11.2 Å². The molecule has 0 aromatic heterocycles. The third kappa shape index (κ3) is 5.17. The third-order valence-electron chi connectivity index (χ3n) is 6.52. The average molecular weight is 393 g/mol. The summed E-state index contributed by atoms with van der Waals surface area (Å²) in [7, 11) is 2.00. The van der Waals surface area contributed by atoms with Gasteiger partial charge in [-0.15, -0.1) is 12.4 Å². The lowest BCUT2D eigenvalue weighted by Crippen LogP contribution is -2.48. The van der Waals surface area contributed by atoms with Crippen LogP contribution in [0, 0.1) is 0 Å². The van der Waals surface area contributed by atoms with Crippen LogP contribution in [0.15, 0.2) is 24.3 Å². The number of amides is 1. The van der Waals surface area contributed by atoms with E-state index in [2.05, 4.69) is 23.5 Å². The summed E-state index contributed by atoms with van der Waals surface area (Å²) in [5, 5.41) is 3.66. The molecule has 27 heavy (non-hydrogen) atoms. The van der Waals surface area contributed by atoms with Crippen molar-refractivity contribution in [2.24, 2.45) is 0 Å². The molecule has 2 atom stereocenters. The fraction of sp³-hybridized carbons (Fsp3) is 0.682. The number of piperidine rings is 1. The average Bonchev–Trinajstić information content (AvgIpc) is 3.28. The van der Waals surface area contributed by atoms with E-state index >= 15 is 0 Å². The Hall–Kier alpha value is -1.26. The number of fused-ring (bicyclic) bond motifs is 2. The van der Waals surface area contributed by atoms with Crippen molar-refractivity contribution < 1.29 is 9.53 Å². The van der Waals surface area contributed by atoms with E-state index in [9.17, 15) is 4.79 Å². The molecule has 1 aromatic carbocycles. The number of carbonyl (C=O) groups is 1. The van der Waals surface area contributed by atoms with E-state index < -0.39 is 0 Å². The first kappa shape index (κ1) is 20.5. The number of nitrogens with one attached hydrogen (secondary N) is 1. The van der Waals surface area contributed by atoms with Crippen molar-refractivity contribution in [2.75, 3.05) is 7.05 Å². The molecule has 1 saturated carbocycles. The van der Waals surface area contributed by atoms with Crippen molar-refractivity contribution in [3.8, 4) is 5.75 Å². The van der Waals surface area contributed by atoms with Gasteiger partial charge in [-0.05, 0) is 75.5 Å². The normalized spacial score (nSPS) is 27.2. The maximum absolute atomic E-state index is 12.7. The second-order valence-electron chi connectivity index (χ2n) is 8.44. The zero-order chi connectivity index (χ0) is 17.9. The number of rotatable bonds is 6. The first-order valence-electron chi connectivity index (χ1n) is 10.4. The van der Waals surface area contributed by atoms with E-state index in [1.807, 2.05) is 18.0 Å². The molecule has 0 radical (unpaired) electrons. The molecule has 3 fully saturated rings. The summed E-state index contributed by atoms with van der Waals surface area (Å²) in [4.78, 5) is 14.7. The fourth-order valence-electron chi connectivity index (χ4n) is 4.95. The number of aryl methyl sites for hydroxylation is 1. The molecule has 2 unspecified atom stereocenters. The summed E-state index contributed by atoms with van der Waals surface area (Å²) in [5.74, 6) is 1.24. The van der Waals surface area contributed by atoms with Gasteiger partial charge in [-0.25, -0.2) is 0 Å². The summed E-state index contributed by atoms with van der Waals surface area (Å²) in [6.45, 7) is 0. The van der Waals surface area contributed by atoms with Crippen molar-refractivity contribution in [2.45, 2.75) is 88.4 Å². The molecule has 2 bridgehead atoms. The Balaban J connectivity index is 0.00000210. The van der Waals surface area contributed by atoms with Crippen LogP contribution in [0.1, 0.15) is 63.4 Å². The number of hydrogen-bond donors (Lipinski definition) is 1. The maximum Gasteiger partial charge on any atom is 0.222 e. The van der Waals surface area contributed by atoms with Crippen LogP contribution in [0.3, 0.4) is 0 Å². The molecule has 1 amide bonds. The molecule has 3 aliphatic rings. The van der Waals surface area contributed by atoms with Crippen molar-refractivity contribution in [1.29, 1.82) is 0 Å². The molecule has 4 nitrogen and oxygen atoms in total. The van der Waals surface area contributed by atoms with Crippen LogP contribution in [0.4, 0.5) is 0 Å². The fourth-order valence-corrected chi connectivity index (χ4v) is 4.95. The highest BCUT2D eigenvalue weighted by atomic mass is 35.5. The molecule has 150 valence electrons. The smallest absolute Gasteiger partial charge is 0.222 e. The van der Waals surface area contributed by atoms with Crippen LogP contribution in [-0.4, -0.2) is 42.1 Å². The molecule has 2 heterocycles. The minimum absolute atomic E-state index is 0. The molecule has 1 aromatic rings. The third-order valence-corrected chi connectivity index (χ3v) is 6.52. The van der Waals surface area contributed by atoms with E-state index in [-0.39, 0.29) is 18.3 Å². The largest absolute Gasteiger partial charge is 0.490 e. The number of benzene rings is 1. The van der Waals surface area contributed by atoms with Crippen molar-refractivity contribution in [1.82, 2.24) is 10.2 Å². The van der Waals surface area contributed by atoms with Crippen LogP contribution in [0.2, 0.25) is 0 Å². The number of nitrogens with zero attached hydrogens (tertiary/aromatic N) is 1. The Morgan fingerprint density at radius 3 is 2.56 bits per heavy atom. The summed E-state index contributed by atoms with van der Waals surface area (Å²) >= 11 is 0. The standard InChI is InChI=1S/C22H32N2O2.ClH/c1-24(19-14-17-10-11-18(15-19)23-17)22(25)12-9-16-5-4-8-21(13-16)26-20-6-2-3-7-20;/h4-5,8,13,17-20,23H,2-3,6-7,9-12,14-15H2,1H3;1H. The van der Waals surface area contributed by atoms with Gasteiger partial charge in [0, 0.05) is 31.6 Å². The van der Waals surface area contributed by atoms with Crippen LogP contribution in [0.25, 0.3) is 0 Å². The topological polar surface area (TPSA) is 41.6 Å². The van der Waals surface area contributed by atoms with Gasteiger partial charge in [0.2, 0.25) is 5.91 Å². The van der Waals surface area contributed by atoms with Crippen LogP contribution < -0.4 is 10.1 Å². The summed E-state index contributed by atoms with van der Waals surface area (Å²) in [6, 6.07) is 9.99. The minimum Gasteiger partial charge on any atom is -0.490 e. The Labute approximate surface area is 169 Å². The Morgan fingerprint density at radius 1 is 1.15 bits per heavy atom. The summed E-state index contributed by atoms with van der Waals surface area (Å²) in [6.07, 6.45) is 11.4. The summed E-state index contributed by atoms with van der Waals surface area (Å²) < 4.78 is 6.09. The molecule has 5 heteroatoms. The zero-order valence-corrected chi connectivity index (χ0v) is 17.2. The first-order chi connectivity index (χ1) is 12.7. The molecule has 1 N–H and O–H groups in total. The number of halogens is 1. The van der Waals surface area contributed by atoms with E-state index in [0.717, 1.165) is 25.0 Å². The second kappa shape index (κ2) is 9.29. The highest BCUT2D eigenvalue weighted by Gasteiger charge is 2.36. The molecule has 2 saturated heterocycles. The Kier molecular flexibility index (Phi) is 7.04. The minimum atomic E-state index is 0. The lowest BCUT2D eigenvalue weighted by Gasteiger charge is -2.35. The Bertz CT molecular complexity index is 620. The zero-order valence-electron chi connectivity index (χ0n) is 16.4. The lowest BCUT2D eigenvalue weighted by atomic mass is 9.98. The van der Waals surface area contributed by atoms with Crippen molar-refractivity contribution in [3.05, 3.63) is 29.8 Å². The molecule has 2 aliphatic heterocycles. The first-order valence-corrected chi connectivity index (χ1v) is 10.4. The SMILES string of the molecule is CN(C(=O)CCc1cccc(OC2CCCC2)c1)C1CC2CCC(C1)N2.Cl. The Morgan fingerprint density at radius 2 is 1.85 bits per heavy atom. The molecule has 4 rings (SSSR count). The number of carbonyl (C=O) groups excluding carboxylic acids is 1. The van der Waals surface area contributed by atoms with Gasteiger partial charge in [0.15, 0.2) is 0 Å². The van der Waals surface area contributed by atoms with E-state index in [1.54, 1.807) is 0 Å². The lowest BCUT2D eigenvalue weighted by molar-refractivity contribution is -0.132. The molecular weight excluding hydrogens is 360 g/mol. The summed E-state index contributed by atoms with van der Waals surface area (Å²) in [5.41, 5.74) is 1.20. The van der Waals surface area contributed by atoms with Gasteiger partial charge in [-0.1, -0.05) is 12.1 Å². The predicted molar refractivity (Wildman–Crippen MR) is 111 cm³/mol. The van der Waals surface area contributed by atoms with Gasteiger partial charge >= 0.3 is 0 Å². The number of hydrogen-bond acceptors (Lipinski definition) is 3. The van der Waals surface area contributed by atoms with Crippen LogP contribution >= 0.6 is 12.4 Å². The van der Waals surface area contributed by atoms with Crippen molar-refractivity contribution in [3.63, 3.8) is 0 Å². The maximum atomic E-state index is 12.7. The quantitative estimate of drug-likeness (QED) is 0.792. The highest BCUT2D eigenvalue weighted by Crippen LogP contribution is 2.30. The second-order valence-corrected chi connectivity index (χ2v) is 8.44. The van der Waals surface area contributed by atoms with Gasteiger partial charge in [0.1, 0.15) is 5.75 Å². The highest BCUT2D eigenvalue weighted by molar-refractivity contribution is 5.85. The van der Waals surface area contributed by atoms with Crippen molar-refractivity contribution >= 4 is 18.3 Å². The number of ether oxygens (including phenoxy) is 1. The molecule has 1 aliphatic carbocycles. The predicted octanol–water partition coefficient (Wildman–Crippen LogP) is 4.10. The van der Waals surface area contributed by atoms with Gasteiger partial charge in [-0.2, -0.15) is 0 Å². The molecule has 0 spiro atoms. The van der Waals surface area contributed by atoms with E-state index in [4.69, 9.17) is 4.74 Å². The van der Waals surface area contributed by atoms with Gasteiger partial charge < -0.3 is 15.0 Å². The van der Waals surface area contributed by atoms with Gasteiger partial charge in [0.25, 0.3) is 0 Å².